The molecule has 1 aromatic heterocycles. The van der Waals surface area contributed by atoms with Gasteiger partial charge in [-0.1, -0.05) is 17.7 Å². The fraction of sp³-hybridized carbons (Fsp3) is 0.409. The molecule has 3 heterocycles. The van der Waals surface area contributed by atoms with Crippen LogP contribution in [0.2, 0.25) is 0 Å². The monoisotopic (exact) mass is 379 g/mol. The van der Waals surface area contributed by atoms with Gasteiger partial charge in [-0.25, -0.2) is 0 Å². The van der Waals surface area contributed by atoms with Gasteiger partial charge in [0.2, 0.25) is 5.91 Å². The molecule has 0 saturated carbocycles. The summed E-state index contributed by atoms with van der Waals surface area (Å²) in [5.41, 5.74) is 1.64. The summed E-state index contributed by atoms with van der Waals surface area (Å²) in [6.07, 6.45) is 5.67. The van der Waals surface area contributed by atoms with Crippen LogP contribution in [0.15, 0.2) is 48.8 Å². The van der Waals surface area contributed by atoms with Gasteiger partial charge < -0.3 is 14.5 Å². The molecule has 0 unspecified atom stereocenters. The van der Waals surface area contributed by atoms with Crippen molar-refractivity contribution in [2.24, 2.45) is 0 Å². The van der Waals surface area contributed by atoms with Crippen LogP contribution in [-0.4, -0.2) is 58.4 Å². The van der Waals surface area contributed by atoms with E-state index in [0.29, 0.717) is 24.3 Å². The fourth-order valence-electron chi connectivity index (χ4n) is 4.04. The Morgan fingerprint density at radius 3 is 2.68 bits per heavy atom. The van der Waals surface area contributed by atoms with Gasteiger partial charge in [-0.05, 0) is 44.0 Å². The Hall–Kier alpha value is -2.89. The van der Waals surface area contributed by atoms with Gasteiger partial charge >= 0.3 is 0 Å². The number of ether oxygens (including phenoxy) is 1. The lowest BCUT2D eigenvalue weighted by Gasteiger charge is -2.27. The van der Waals surface area contributed by atoms with Crippen molar-refractivity contribution in [3.63, 3.8) is 0 Å². The highest BCUT2D eigenvalue weighted by Crippen LogP contribution is 2.27. The van der Waals surface area contributed by atoms with E-state index in [1.165, 1.54) is 0 Å². The van der Waals surface area contributed by atoms with Crippen molar-refractivity contribution in [3.8, 4) is 5.75 Å². The quantitative estimate of drug-likeness (QED) is 0.819. The van der Waals surface area contributed by atoms with Gasteiger partial charge in [0.25, 0.3) is 5.91 Å². The third-order valence-corrected chi connectivity index (χ3v) is 5.43. The fourth-order valence-corrected chi connectivity index (χ4v) is 4.04. The van der Waals surface area contributed by atoms with E-state index < -0.39 is 6.04 Å². The number of pyridine rings is 1. The second-order valence-electron chi connectivity index (χ2n) is 7.54. The number of amides is 2. The lowest BCUT2D eigenvalue weighted by Crippen LogP contribution is -2.47. The molecule has 0 N–H and O–H groups in total. The summed E-state index contributed by atoms with van der Waals surface area (Å²) in [6.45, 7) is 3.90. The predicted molar refractivity (Wildman–Crippen MR) is 105 cm³/mol. The number of rotatable bonds is 4. The Bertz CT molecular complexity index is 849. The molecule has 146 valence electrons. The van der Waals surface area contributed by atoms with E-state index in [9.17, 15) is 9.59 Å². The minimum absolute atomic E-state index is 0.0378. The number of hydrogen-bond acceptors (Lipinski definition) is 4. The Balaban J connectivity index is 1.56. The highest BCUT2D eigenvalue weighted by atomic mass is 16.5. The zero-order valence-corrected chi connectivity index (χ0v) is 16.1. The average molecular weight is 379 g/mol. The van der Waals surface area contributed by atoms with Crippen molar-refractivity contribution < 1.29 is 14.3 Å². The summed E-state index contributed by atoms with van der Waals surface area (Å²) in [5, 5.41) is 0. The van der Waals surface area contributed by atoms with Crippen LogP contribution in [0.5, 0.6) is 5.75 Å². The second-order valence-corrected chi connectivity index (χ2v) is 7.54. The summed E-state index contributed by atoms with van der Waals surface area (Å²) >= 11 is 0. The van der Waals surface area contributed by atoms with Gasteiger partial charge in [-0.3, -0.25) is 14.6 Å². The number of hydrogen-bond donors (Lipinski definition) is 0. The Morgan fingerprint density at radius 1 is 1.14 bits per heavy atom. The minimum Gasteiger partial charge on any atom is -0.487 e. The maximum atomic E-state index is 13.2. The van der Waals surface area contributed by atoms with Gasteiger partial charge in [0.05, 0.1) is 12.7 Å². The lowest BCUT2D eigenvalue weighted by molar-refractivity contribution is -0.134. The van der Waals surface area contributed by atoms with Crippen LogP contribution in [-0.2, 0) is 4.79 Å². The molecular formula is C22H25N3O3. The SMILES string of the molecule is Cc1cccc(C(=O)N2C[C@@H](Oc3cccnc3)C[C@H]2C(=O)N2CCCC2)c1. The molecule has 28 heavy (non-hydrogen) atoms. The Labute approximate surface area is 165 Å². The summed E-state index contributed by atoms with van der Waals surface area (Å²) in [5.74, 6) is 0.582. The predicted octanol–water partition coefficient (Wildman–Crippen LogP) is 2.67. The number of carbonyl (C=O) groups excluding carboxylic acids is 2. The molecule has 6 nitrogen and oxygen atoms in total. The zero-order valence-electron chi connectivity index (χ0n) is 16.1. The average Bonchev–Trinajstić information content (AvgIpc) is 3.38. The smallest absolute Gasteiger partial charge is 0.254 e. The molecule has 0 spiro atoms. The van der Waals surface area contributed by atoms with Crippen LogP contribution < -0.4 is 4.74 Å². The normalized spacial score (nSPS) is 21.8. The van der Waals surface area contributed by atoms with Gasteiger partial charge in [-0.15, -0.1) is 0 Å². The summed E-state index contributed by atoms with van der Waals surface area (Å²) in [6, 6.07) is 10.7. The molecule has 4 rings (SSSR count). The van der Waals surface area contributed by atoms with E-state index in [-0.39, 0.29) is 17.9 Å². The van der Waals surface area contributed by atoms with Crippen molar-refractivity contribution in [3.05, 3.63) is 59.9 Å². The topological polar surface area (TPSA) is 62.7 Å². The first-order chi connectivity index (χ1) is 13.6. The Morgan fingerprint density at radius 2 is 1.96 bits per heavy atom. The standard InChI is InChI=1S/C22H25N3O3/c1-16-6-4-7-17(12-16)21(26)25-15-19(28-18-8-5-9-23-14-18)13-20(25)22(27)24-10-2-3-11-24/h4-9,12,14,19-20H,2-3,10-11,13,15H2,1H3/t19-,20-/m0/s1. The molecule has 2 aliphatic heterocycles. The van der Waals surface area contributed by atoms with Crippen LogP contribution in [0.4, 0.5) is 0 Å². The molecule has 1 aromatic carbocycles. The molecule has 0 radical (unpaired) electrons. The highest BCUT2D eigenvalue weighted by Gasteiger charge is 2.43. The first-order valence-corrected chi connectivity index (χ1v) is 9.85. The maximum absolute atomic E-state index is 13.2. The van der Waals surface area contributed by atoms with Crippen molar-refractivity contribution in [1.82, 2.24) is 14.8 Å². The van der Waals surface area contributed by atoms with Gasteiger partial charge in [0.15, 0.2) is 0 Å². The third-order valence-electron chi connectivity index (χ3n) is 5.43. The summed E-state index contributed by atoms with van der Waals surface area (Å²) in [7, 11) is 0. The number of aryl methyl sites for hydroxylation is 1. The van der Waals surface area contributed by atoms with Gasteiger partial charge in [-0.2, -0.15) is 0 Å². The molecule has 0 aliphatic carbocycles. The molecule has 2 aliphatic rings. The molecule has 2 fully saturated rings. The van der Waals surface area contributed by atoms with Crippen LogP contribution in [0.3, 0.4) is 0 Å². The molecule has 2 atom stereocenters. The van der Waals surface area contributed by atoms with Crippen LogP contribution >= 0.6 is 0 Å². The van der Waals surface area contributed by atoms with E-state index >= 15 is 0 Å². The molecule has 2 amide bonds. The van der Waals surface area contributed by atoms with Crippen LogP contribution in [0.25, 0.3) is 0 Å². The number of aromatic nitrogens is 1. The van der Waals surface area contributed by atoms with E-state index in [0.717, 1.165) is 31.5 Å². The molecule has 2 aromatic rings. The molecule has 2 saturated heterocycles. The molecule has 0 bridgehead atoms. The van der Waals surface area contributed by atoms with Crippen molar-refractivity contribution in [1.29, 1.82) is 0 Å². The highest BCUT2D eigenvalue weighted by molar-refractivity contribution is 5.98. The number of nitrogens with zero attached hydrogens (tertiary/aromatic N) is 3. The second kappa shape index (κ2) is 8.00. The van der Waals surface area contributed by atoms with Crippen LogP contribution in [0, 0.1) is 6.92 Å². The van der Waals surface area contributed by atoms with Gasteiger partial charge in [0.1, 0.15) is 17.9 Å². The summed E-state index contributed by atoms with van der Waals surface area (Å²) in [4.78, 5) is 34.0. The number of likely N-dealkylation sites (tertiary alicyclic amines) is 2. The largest absolute Gasteiger partial charge is 0.487 e. The van der Waals surface area contributed by atoms with Crippen LogP contribution in [0.1, 0.15) is 35.2 Å². The van der Waals surface area contributed by atoms with E-state index in [1.807, 2.05) is 48.2 Å². The molecule has 6 heteroatoms. The lowest BCUT2D eigenvalue weighted by atomic mass is 10.1. The van der Waals surface area contributed by atoms with Crippen molar-refractivity contribution >= 4 is 11.8 Å². The first kappa shape index (κ1) is 18.5. The zero-order chi connectivity index (χ0) is 19.5. The first-order valence-electron chi connectivity index (χ1n) is 9.85. The van der Waals surface area contributed by atoms with E-state index in [4.69, 9.17) is 4.74 Å². The number of benzene rings is 1. The van der Waals surface area contributed by atoms with E-state index in [1.54, 1.807) is 17.3 Å². The van der Waals surface area contributed by atoms with Crippen molar-refractivity contribution in [2.75, 3.05) is 19.6 Å². The van der Waals surface area contributed by atoms with Gasteiger partial charge in [0, 0.05) is 31.3 Å². The minimum atomic E-state index is -0.479. The third kappa shape index (κ3) is 3.86. The number of carbonyl (C=O) groups is 2. The Kier molecular flexibility index (Phi) is 5.28. The van der Waals surface area contributed by atoms with E-state index in [2.05, 4.69) is 4.98 Å². The maximum Gasteiger partial charge on any atom is 0.254 e. The van der Waals surface area contributed by atoms with Crippen molar-refractivity contribution in [2.45, 2.75) is 38.3 Å². The molecular weight excluding hydrogens is 354 g/mol. The summed E-state index contributed by atoms with van der Waals surface area (Å²) < 4.78 is 6.03.